The van der Waals surface area contributed by atoms with E-state index in [0.29, 0.717) is 5.33 Å². The molecule has 0 aliphatic carbocycles. The lowest BCUT2D eigenvalue weighted by molar-refractivity contribution is -0.142. The monoisotopic (exact) mass is 439 g/mol. The molecule has 0 radical (unpaired) electrons. The number of hydrogen-bond acceptors (Lipinski definition) is 2. The molecule has 7 heteroatoms. The molecule has 2 atom stereocenters. The van der Waals surface area contributed by atoms with Gasteiger partial charge in [-0.1, -0.05) is 81.1 Å². The summed E-state index contributed by atoms with van der Waals surface area (Å²) in [4.78, 5) is 27.2. The molecule has 0 saturated carbocycles. The summed E-state index contributed by atoms with van der Waals surface area (Å²) in [5, 5.41) is 0.313. The van der Waals surface area contributed by atoms with E-state index >= 15 is 0 Å². The zero-order valence-electron chi connectivity index (χ0n) is 12.8. The Labute approximate surface area is 159 Å². The third-order valence-electron chi connectivity index (χ3n) is 4.66. The minimum atomic E-state index is -1.61. The maximum absolute atomic E-state index is 13.0. The predicted molar refractivity (Wildman–Crippen MR) is 96.9 cm³/mol. The summed E-state index contributed by atoms with van der Waals surface area (Å²) in [7, 11) is 0. The molecule has 0 aromatic heterocycles. The van der Waals surface area contributed by atoms with Gasteiger partial charge in [0, 0.05) is 11.8 Å². The minimum absolute atomic E-state index is 0.0252. The van der Waals surface area contributed by atoms with Crippen molar-refractivity contribution in [2.24, 2.45) is 10.8 Å². The second-order valence-corrected chi connectivity index (χ2v) is 9.35. The fourth-order valence-electron chi connectivity index (χ4n) is 2.95. The van der Waals surface area contributed by atoms with Crippen LogP contribution in [0.2, 0.25) is 0 Å². The number of hydrogen-bond donors (Lipinski definition) is 0. The topological polar surface area (TPSA) is 37.4 Å². The maximum atomic E-state index is 13.0. The Morgan fingerprint density at radius 1 is 1.04 bits per heavy atom. The molecule has 126 valence electrons. The Balaban J connectivity index is 2.41. The predicted octanol–water partition coefficient (Wildman–Crippen LogP) is 4.72. The fourth-order valence-corrected chi connectivity index (χ4v) is 4.61. The van der Waals surface area contributed by atoms with Gasteiger partial charge in [-0.25, -0.2) is 0 Å². The van der Waals surface area contributed by atoms with Crippen molar-refractivity contribution in [2.45, 2.75) is 30.6 Å². The summed E-state index contributed by atoms with van der Waals surface area (Å²) in [6.07, 6.45) is -0.0252. The quantitative estimate of drug-likeness (QED) is 0.501. The van der Waals surface area contributed by atoms with Crippen LogP contribution in [0, 0.1) is 10.8 Å². The molecule has 1 aromatic carbocycles. The highest BCUT2D eigenvalue weighted by Gasteiger charge is 2.65. The average molecular weight is 442 g/mol. The van der Waals surface area contributed by atoms with Crippen LogP contribution in [0.5, 0.6) is 0 Å². The van der Waals surface area contributed by atoms with Crippen molar-refractivity contribution in [3.63, 3.8) is 0 Å². The van der Waals surface area contributed by atoms with Crippen LogP contribution < -0.4 is 0 Å². The number of amides is 2. The summed E-state index contributed by atoms with van der Waals surface area (Å²) in [5.41, 5.74) is -1.18. The zero-order valence-corrected chi connectivity index (χ0v) is 16.6. The SMILES string of the molecule is C[C@]1(CBr)C(=O)N(Cc2ccccc2)C(=O)[C@]1(C)CC(Cl)(Cl)Cl. The molecular formula is C16H17BrCl3NO2. The summed E-state index contributed by atoms with van der Waals surface area (Å²) >= 11 is 21.2. The molecule has 23 heavy (non-hydrogen) atoms. The van der Waals surface area contributed by atoms with Crippen molar-refractivity contribution in [2.75, 3.05) is 5.33 Å². The van der Waals surface area contributed by atoms with Crippen molar-refractivity contribution < 1.29 is 9.59 Å². The number of carbonyl (C=O) groups is 2. The Morgan fingerprint density at radius 3 is 2.04 bits per heavy atom. The Bertz CT molecular complexity index is 620. The molecule has 1 saturated heterocycles. The van der Waals surface area contributed by atoms with Gasteiger partial charge in [-0.15, -0.1) is 0 Å². The molecule has 1 aromatic rings. The van der Waals surface area contributed by atoms with Crippen LogP contribution in [0.25, 0.3) is 0 Å². The van der Waals surface area contributed by atoms with Crippen LogP contribution in [0.4, 0.5) is 0 Å². The molecule has 0 unspecified atom stereocenters. The van der Waals surface area contributed by atoms with E-state index in [4.69, 9.17) is 34.8 Å². The van der Waals surface area contributed by atoms with E-state index in [2.05, 4.69) is 15.9 Å². The number of likely N-dealkylation sites (tertiary alicyclic amines) is 1. The summed E-state index contributed by atoms with van der Waals surface area (Å²) in [6, 6.07) is 9.36. The van der Waals surface area contributed by atoms with Crippen LogP contribution in [0.15, 0.2) is 30.3 Å². The van der Waals surface area contributed by atoms with Crippen molar-refractivity contribution in [3.05, 3.63) is 35.9 Å². The van der Waals surface area contributed by atoms with E-state index in [1.807, 2.05) is 30.3 Å². The molecule has 1 fully saturated rings. The van der Waals surface area contributed by atoms with Gasteiger partial charge in [0.1, 0.15) is 0 Å². The largest absolute Gasteiger partial charge is 0.277 e. The van der Waals surface area contributed by atoms with Gasteiger partial charge in [-0.05, 0) is 19.4 Å². The van der Waals surface area contributed by atoms with Gasteiger partial charge in [-0.2, -0.15) is 0 Å². The molecule has 0 bridgehead atoms. The number of halogens is 4. The van der Waals surface area contributed by atoms with E-state index in [1.54, 1.807) is 13.8 Å². The lowest BCUT2D eigenvalue weighted by atomic mass is 9.67. The molecule has 1 heterocycles. The lowest BCUT2D eigenvalue weighted by Gasteiger charge is -2.36. The molecule has 0 N–H and O–H groups in total. The van der Waals surface area contributed by atoms with Crippen LogP contribution in [-0.2, 0) is 16.1 Å². The van der Waals surface area contributed by atoms with E-state index in [9.17, 15) is 9.59 Å². The number of alkyl halides is 4. The highest BCUT2D eigenvalue weighted by Crippen LogP contribution is 2.55. The Morgan fingerprint density at radius 2 is 1.57 bits per heavy atom. The number of nitrogens with zero attached hydrogens (tertiary/aromatic N) is 1. The second kappa shape index (κ2) is 6.55. The van der Waals surface area contributed by atoms with Crippen LogP contribution >= 0.6 is 50.7 Å². The second-order valence-electron chi connectivity index (χ2n) is 6.27. The number of benzene rings is 1. The Kier molecular flexibility index (Phi) is 5.42. The molecule has 2 rings (SSSR count). The summed E-state index contributed by atoms with van der Waals surface area (Å²) < 4.78 is -1.61. The zero-order chi connectivity index (χ0) is 17.5. The van der Waals surface area contributed by atoms with E-state index in [-0.39, 0.29) is 24.8 Å². The number of rotatable bonds is 4. The van der Waals surface area contributed by atoms with Gasteiger partial charge >= 0.3 is 0 Å². The molecule has 0 spiro atoms. The normalized spacial score (nSPS) is 28.5. The molecule has 1 aliphatic rings. The fraction of sp³-hybridized carbons (Fsp3) is 0.500. The maximum Gasteiger partial charge on any atom is 0.237 e. The smallest absolute Gasteiger partial charge is 0.237 e. The van der Waals surface area contributed by atoms with Gasteiger partial charge in [0.05, 0.1) is 17.4 Å². The van der Waals surface area contributed by atoms with Crippen molar-refractivity contribution in [3.8, 4) is 0 Å². The first-order valence-corrected chi connectivity index (χ1v) is 9.34. The van der Waals surface area contributed by atoms with Gasteiger partial charge < -0.3 is 0 Å². The van der Waals surface area contributed by atoms with Crippen LogP contribution in [0.3, 0.4) is 0 Å². The lowest BCUT2D eigenvalue weighted by Crippen LogP contribution is -2.44. The standard InChI is InChI=1S/C16H17BrCl3NO2/c1-14(9-16(18,19)20)12(22)21(13(23)15(14,2)10-17)8-11-6-4-3-5-7-11/h3-7H,8-10H2,1-2H3/t14-,15-/m0/s1. The third kappa shape index (κ3) is 3.41. The summed E-state index contributed by atoms with van der Waals surface area (Å²) in [5.74, 6) is -0.556. The van der Waals surface area contributed by atoms with Gasteiger partial charge in [0.25, 0.3) is 0 Å². The highest BCUT2D eigenvalue weighted by molar-refractivity contribution is 9.09. The van der Waals surface area contributed by atoms with E-state index in [0.717, 1.165) is 5.56 Å². The van der Waals surface area contributed by atoms with Crippen LogP contribution in [0.1, 0.15) is 25.8 Å². The Hall–Kier alpha value is -0.290. The third-order valence-corrected chi connectivity index (χ3v) is 6.18. The van der Waals surface area contributed by atoms with E-state index in [1.165, 1.54) is 4.90 Å². The minimum Gasteiger partial charge on any atom is -0.277 e. The first-order chi connectivity index (χ1) is 10.5. The van der Waals surface area contributed by atoms with Crippen LogP contribution in [-0.4, -0.2) is 25.8 Å². The summed E-state index contributed by atoms with van der Waals surface area (Å²) in [6.45, 7) is 3.65. The first-order valence-electron chi connectivity index (χ1n) is 7.08. The van der Waals surface area contributed by atoms with Gasteiger partial charge in [0.15, 0.2) is 3.79 Å². The number of carbonyl (C=O) groups excluding carboxylic acids is 2. The number of imide groups is 1. The highest BCUT2D eigenvalue weighted by atomic mass is 79.9. The molecule has 1 aliphatic heterocycles. The van der Waals surface area contributed by atoms with E-state index < -0.39 is 14.6 Å². The molecular weight excluding hydrogens is 424 g/mol. The van der Waals surface area contributed by atoms with Gasteiger partial charge in [-0.3, -0.25) is 14.5 Å². The van der Waals surface area contributed by atoms with Crippen molar-refractivity contribution in [1.82, 2.24) is 4.90 Å². The molecule has 2 amide bonds. The van der Waals surface area contributed by atoms with Gasteiger partial charge in [0.2, 0.25) is 11.8 Å². The van der Waals surface area contributed by atoms with Crippen molar-refractivity contribution in [1.29, 1.82) is 0 Å². The van der Waals surface area contributed by atoms with Crippen molar-refractivity contribution >= 4 is 62.5 Å². The molecule has 3 nitrogen and oxygen atoms in total. The average Bonchev–Trinajstić information content (AvgIpc) is 2.60. The first kappa shape index (κ1) is 19.0.